The molecule has 1 unspecified atom stereocenters. The Hall–Kier alpha value is -1.60. The number of para-hydroxylation sites is 1. The third-order valence-corrected chi connectivity index (χ3v) is 5.62. The summed E-state index contributed by atoms with van der Waals surface area (Å²) in [5.41, 5.74) is 0. The van der Waals surface area contributed by atoms with Gasteiger partial charge in [-0.15, -0.1) is 0 Å². The number of likely N-dealkylation sites (tertiary alicyclic amines) is 1. The molecular weight excluding hydrogens is 328 g/mol. The van der Waals surface area contributed by atoms with Crippen molar-refractivity contribution in [2.45, 2.75) is 50.5 Å². The molecule has 7 heteroatoms. The fraction of sp³-hybridized carbons (Fsp3) is 0.588. The van der Waals surface area contributed by atoms with Gasteiger partial charge in [0.25, 0.3) is 0 Å². The highest BCUT2D eigenvalue weighted by Crippen LogP contribution is 2.24. The average molecular weight is 354 g/mol. The maximum Gasteiger partial charge on any atom is 0.244 e. The van der Waals surface area contributed by atoms with Crippen LogP contribution in [0.3, 0.4) is 0 Å². The number of nitrogens with zero attached hydrogens (tertiary/aromatic N) is 1. The smallest absolute Gasteiger partial charge is 0.244 e. The SMILES string of the molecule is CCCN1CCC(NS(=O)(=O)c2ccccc2OCC)CCC1=O. The second kappa shape index (κ2) is 8.48. The molecule has 0 saturated carbocycles. The summed E-state index contributed by atoms with van der Waals surface area (Å²) in [5.74, 6) is 0.457. The molecule has 1 saturated heterocycles. The molecule has 1 atom stereocenters. The van der Waals surface area contributed by atoms with Crippen LogP contribution in [0.15, 0.2) is 29.2 Å². The number of ether oxygens (including phenoxy) is 1. The Balaban J connectivity index is 2.11. The zero-order chi connectivity index (χ0) is 17.6. The van der Waals surface area contributed by atoms with Gasteiger partial charge in [-0.25, -0.2) is 13.1 Å². The maximum absolute atomic E-state index is 12.7. The molecule has 2 rings (SSSR count). The normalized spacial score (nSPS) is 19.2. The van der Waals surface area contributed by atoms with Crippen molar-refractivity contribution in [3.63, 3.8) is 0 Å². The van der Waals surface area contributed by atoms with Gasteiger partial charge in [-0.3, -0.25) is 4.79 Å². The third kappa shape index (κ3) is 4.70. The van der Waals surface area contributed by atoms with E-state index in [-0.39, 0.29) is 16.8 Å². The first kappa shape index (κ1) is 18.7. The van der Waals surface area contributed by atoms with Crippen LogP contribution in [0.5, 0.6) is 5.75 Å². The van der Waals surface area contributed by atoms with Crippen molar-refractivity contribution >= 4 is 15.9 Å². The molecule has 1 aliphatic heterocycles. The molecule has 1 heterocycles. The molecule has 1 aliphatic rings. The lowest BCUT2D eigenvalue weighted by molar-refractivity contribution is -0.130. The molecule has 0 spiro atoms. The second-order valence-electron chi connectivity index (χ2n) is 5.91. The predicted molar refractivity (Wildman–Crippen MR) is 92.4 cm³/mol. The van der Waals surface area contributed by atoms with Crippen LogP contribution < -0.4 is 9.46 Å². The minimum absolute atomic E-state index is 0.105. The number of benzene rings is 1. The molecule has 1 fully saturated rings. The molecular formula is C17H26N2O4S. The summed E-state index contributed by atoms with van der Waals surface area (Å²) in [6.45, 7) is 5.56. The van der Waals surface area contributed by atoms with Crippen LogP contribution >= 0.6 is 0 Å². The predicted octanol–water partition coefficient (Wildman–Crippen LogP) is 2.15. The summed E-state index contributed by atoms with van der Waals surface area (Å²) in [6.07, 6.45) is 2.43. The summed E-state index contributed by atoms with van der Waals surface area (Å²) in [5, 5.41) is 0. The first-order valence-electron chi connectivity index (χ1n) is 8.49. The van der Waals surface area contributed by atoms with Gasteiger partial charge in [-0.2, -0.15) is 0 Å². The lowest BCUT2D eigenvalue weighted by Gasteiger charge is -2.20. The fourth-order valence-electron chi connectivity index (χ4n) is 2.89. The summed E-state index contributed by atoms with van der Waals surface area (Å²) in [4.78, 5) is 14.0. The molecule has 6 nitrogen and oxygen atoms in total. The molecule has 1 amide bonds. The van der Waals surface area contributed by atoms with Crippen molar-refractivity contribution in [3.05, 3.63) is 24.3 Å². The topological polar surface area (TPSA) is 75.7 Å². The van der Waals surface area contributed by atoms with E-state index < -0.39 is 10.0 Å². The lowest BCUT2D eigenvalue weighted by Crippen LogP contribution is -2.36. The summed E-state index contributed by atoms with van der Waals surface area (Å²) in [6, 6.07) is 6.37. The first-order valence-corrected chi connectivity index (χ1v) is 9.98. The number of sulfonamides is 1. The largest absolute Gasteiger partial charge is 0.492 e. The van der Waals surface area contributed by atoms with Gasteiger partial charge in [0.15, 0.2) is 0 Å². The Morgan fingerprint density at radius 2 is 2.00 bits per heavy atom. The summed E-state index contributed by atoms with van der Waals surface area (Å²) in [7, 11) is -3.68. The number of rotatable bonds is 7. The molecule has 134 valence electrons. The van der Waals surface area contributed by atoms with Gasteiger partial charge in [0, 0.05) is 25.6 Å². The quantitative estimate of drug-likeness (QED) is 0.814. The van der Waals surface area contributed by atoms with E-state index in [1.54, 1.807) is 24.3 Å². The van der Waals surface area contributed by atoms with Crippen LogP contribution in [0.2, 0.25) is 0 Å². The molecule has 1 N–H and O–H groups in total. The molecule has 0 radical (unpaired) electrons. The highest BCUT2D eigenvalue weighted by molar-refractivity contribution is 7.89. The van der Waals surface area contributed by atoms with E-state index in [0.29, 0.717) is 38.2 Å². The van der Waals surface area contributed by atoms with Crippen molar-refractivity contribution in [2.24, 2.45) is 0 Å². The summed E-state index contributed by atoms with van der Waals surface area (Å²) < 4.78 is 33.6. The molecule has 0 bridgehead atoms. The Kier molecular flexibility index (Phi) is 6.62. The Bertz CT molecular complexity index is 660. The van der Waals surface area contributed by atoms with E-state index in [2.05, 4.69) is 4.72 Å². The van der Waals surface area contributed by atoms with Crippen LogP contribution in [0.4, 0.5) is 0 Å². The Morgan fingerprint density at radius 3 is 2.71 bits per heavy atom. The van der Waals surface area contributed by atoms with Gasteiger partial charge in [0.05, 0.1) is 6.61 Å². The minimum atomic E-state index is -3.68. The molecule has 0 aromatic heterocycles. The Labute approximate surface area is 144 Å². The van der Waals surface area contributed by atoms with Crippen LogP contribution in [-0.4, -0.2) is 45.0 Å². The number of nitrogens with one attached hydrogen (secondary N) is 1. The van der Waals surface area contributed by atoms with Gasteiger partial charge >= 0.3 is 0 Å². The van der Waals surface area contributed by atoms with Gasteiger partial charge in [0.1, 0.15) is 10.6 Å². The highest BCUT2D eigenvalue weighted by atomic mass is 32.2. The second-order valence-corrected chi connectivity index (χ2v) is 7.59. The van der Waals surface area contributed by atoms with Gasteiger partial charge < -0.3 is 9.64 Å². The van der Waals surface area contributed by atoms with Crippen LogP contribution in [0.1, 0.15) is 39.5 Å². The van der Waals surface area contributed by atoms with E-state index in [0.717, 1.165) is 13.0 Å². The van der Waals surface area contributed by atoms with E-state index >= 15 is 0 Å². The number of hydrogen-bond donors (Lipinski definition) is 1. The van der Waals surface area contributed by atoms with Crippen molar-refractivity contribution in [1.29, 1.82) is 0 Å². The minimum Gasteiger partial charge on any atom is -0.492 e. The van der Waals surface area contributed by atoms with Crippen molar-refractivity contribution < 1.29 is 17.9 Å². The van der Waals surface area contributed by atoms with Gasteiger partial charge in [-0.05, 0) is 38.3 Å². The maximum atomic E-state index is 12.7. The van der Waals surface area contributed by atoms with Crippen molar-refractivity contribution in [1.82, 2.24) is 9.62 Å². The zero-order valence-corrected chi connectivity index (χ0v) is 15.1. The highest BCUT2D eigenvalue weighted by Gasteiger charge is 2.27. The number of carbonyl (C=O) groups excluding carboxylic acids is 1. The zero-order valence-electron chi connectivity index (χ0n) is 14.3. The Morgan fingerprint density at radius 1 is 1.25 bits per heavy atom. The van der Waals surface area contributed by atoms with Crippen LogP contribution in [0.25, 0.3) is 0 Å². The van der Waals surface area contributed by atoms with E-state index in [1.807, 2.05) is 18.7 Å². The van der Waals surface area contributed by atoms with Crippen LogP contribution in [0, 0.1) is 0 Å². The first-order chi connectivity index (χ1) is 11.5. The fourth-order valence-corrected chi connectivity index (χ4v) is 4.34. The monoisotopic (exact) mass is 354 g/mol. The van der Waals surface area contributed by atoms with Gasteiger partial charge in [0.2, 0.25) is 15.9 Å². The average Bonchev–Trinajstić information content (AvgIpc) is 2.71. The number of carbonyl (C=O) groups is 1. The third-order valence-electron chi connectivity index (χ3n) is 4.06. The van der Waals surface area contributed by atoms with Gasteiger partial charge in [-0.1, -0.05) is 19.1 Å². The van der Waals surface area contributed by atoms with E-state index in [4.69, 9.17) is 4.74 Å². The van der Waals surface area contributed by atoms with Crippen molar-refractivity contribution in [2.75, 3.05) is 19.7 Å². The van der Waals surface area contributed by atoms with E-state index in [1.165, 1.54) is 0 Å². The van der Waals surface area contributed by atoms with Crippen molar-refractivity contribution in [3.8, 4) is 5.75 Å². The molecule has 0 aliphatic carbocycles. The number of hydrogen-bond acceptors (Lipinski definition) is 4. The molecule has 24 heavy (non-hydrogen) atoms. The molecule has 1 aromatic carbocycles. The summed E-state index contributed by atoms with van der Waals surface area (Å²) >= 11 is 0. The molecule has 1 aromatic rings. The lowest BCUT2D eigenvalue weighted by atomic mass is 10.1. The van der Waals surface area contributed by atoms with E-state index in [9.17, 15) is 13.2 Å². The standard InChI is InChI=1S/C17H26N2O4S/c1-3-12-19-13-11-14(9-10-17(19)20)18-24(21,22)16-8-6-5-7-15(16)23-4-2/h5-8,14,18H,3-4,9-13H2,1-2H3. The number of amides is 1. The van der Waals surface area contributed by atoms with Crippen LogP contribution in [-0.2, 0) is 14.8 Å².